The Morgan fingerprint density at radius 2 is 1.45 bits per heavy atom. The third-order valence-electron chi connectivity index (χ3n) is 2.98. The van der Waals surface area contributed by atoms with Crippen LogP contribution in [0.15, 0.2) is 57.5 Å². The maximum absolute atomic E-state index is 6.13. The average molecular weight is 399 g/mol. The summed E-state index contributed by atoms with van der Waals surface area (Å²) in [5.41, 5.74) is 7.39. The molecule has 0 saturated heterocycles. The Morgan fingerprint density at radius 3 is 2.05 bits per heavy atom. The highest BCUT2D eigenvalue weighted by Crippen LogP contribution is 2.16. The maximum atomic E-state index is 6.13. The van der Waals surface area contributed by atoms with Crippen molar-refractivity contribution < 1.29 is 4.74 Å². The van der Waals surface area contributed by atoms with Crippen molar-refractivity contribution in [1.29, 1.82) is 0 Å². The minimum atomic E-state index is 0.117. The second-order valence-electron chi connectivity index (χ2n) is 4.68. The van der Waals surface area contributed by atoms with E-state index < -0.39 is 0 Å². The molecule has 2 aromatic carbocycles. The summed E-state index contributed by atoms with van der Waals surface area (Å²) >= 11 is 6.83. The van der Waals surface area contributed by atoms with Crippen LogP contribution in [0.3, 0.4) is 0 Å². The van der Waals surface area contributed by atoms with Gasteiger partial charge in [-0.05, 0) is 54.8 Å². The second kappa shape index (κ2) is 7.81. The Hall–Kier alpha value is -0.840. The van der Waals surface area contributed by atoms with Crippen LogP contribution in [0.25, 0.3) is 0 Å². The van der Waals surface area contributed by atoms with Crippen molar-refractivity contribution in [2.45, 2.75) is 18.9 Å². The highest BCUT2D eigenvalue weighted by Gasteiger charge is 2.05. The van der Waals surface area contributed by atoms with Gasteiger partial charge < -0.3 is 10.5 Å². The number of benzene rings is 2. The molecule has 0 heterocycles. The molecule has 4 heteroatoms. The molecule has 0 aliphatic rings. The van der Waals surface area contributed by atoms with Gasteiger partial charge in [0.2, 0.25) is 0 Å². The Labute approximate surface area is 136 Å². The van der Waals surface area contributed by atoms with Crippen molar-refractivity contribution in [3.63, 3.8) is 0 Å². The monoisotopic (exact) mass is 397 g/mol. The van der Waals surface area contributed by atoms with E-state index in [0.717, 1.165) is 27.5 Å². The van der Waals surface area contributed by atoms with Crippen molar-refractivity contribution in [3.8, 4) is 5.75 Å². The summed E-state index contributed by atoms with van der Waals surface area (Å²) in [7, 11) is 0. The lowest BCUT2D eigenvalue weighted by atomic mass is 10.0. The van der Waals surface area contributed by atoms with E-state index in [1.807, 2.05) is 36.4 Å². The minimum Gasteiger partial charge on any atom is -0.494 e. The van der Waals surface area contributed by atoms with Gasteiger partial charge >= 0.3 is 0 Å². The quantitative estimate of drug-likeness (QED) is 0.774. The molecular formula is C16H17Br2NO. The first-order valence-electron chi connectivity index (χ1n) is 6.52. The van der Waals surface area contributed by atoms with E-state index in [1.54, 1.807) is 0 Å². The van der Waals surface area contributed by atoms with Crippen LogP contribution in [-0.4, -0.2) is 12.6 Å². The van der Waals surface area contributed by atoms with Gasteiger partial charge in [0.05, 0.1) is 6.61 Å². The highest BCUT2D eigenvalue weighted by atomic mass is 79.9. The van der Waals surface area contributed by atoms with Crippen molar-refractivity contribution in [2.75, 3.05) is 6.61 Å². The Morgan fingerprint density at radius 1 is 0.900 bits per heavy atom. The SMILES string of the molecule is NC(CCOc1ccc(Br)cc1)Cc1ccc(Br)cc1. The van der Waals surface area contributed by atoms with Crippen LogP contribution < -0.4 is 10.5 Å². The van der Waals surface area contributed by atoms with Gasteiger partial charge in [-0.1, -0.05) is 44.0 Å². The van der Waals surface area contributed by atoms with E-state index in [0.29, 0.717) is 6.61 Å². The Kier molecular flexibility index (Phi) is 6.07. The van der Waals surface area contributed by atoms with Crippen molar-refractivity contribution in [1.82, 2.24) is 0 Å². The fourth-order valence-electron chi connectivity index (χ4n) is 1.88. The maximum Gasteiger partial charge on any atom is 0.119 e. The van der Waals surface area contributed by atoms with Crippen molar-refractivity contribution in [2.24, 2.45) is 5.73 Å². The average Bonchev–Trinajstić information content (AvgIpc) is 2.44. The van der Waals surface area contributed by atoms with Gasteiger partial charge in [-0.25, -0.2) is 0 Å². The molecule has 0 saturated carbocycles. The molecule has 0 fully saturated rings. The molecule has 0 amide bonds. The molecule has 0 spiro atoms. The number of nitrogens with two attached hydrogens (primary N) is 1. The molecule has 0 bridgehead atoms. The fraction of sp³-hybridized carbons (Fsp3) is 0.250. The van der Waals surface area contributed by atoms with Crippen molar-refractivity contribution >= 4 is 31.9 Å². The van der Waals surface area contributed by atoms with Gasteiger partial charge in [0.1, 0.15) is 5.75 Å². The van der Waals surface area contributed by atoms with E-state index in [4.69, 9.17) is 10.5 Å². The highest BCUT2D eigenvalue weighted by molar-refractivity contribution is 9.10. The van der Waals surface area contributed by atoms with Gasteiger partial charge in [0, 0.05) is 15.0 Å². The molecule has 0 radical (unpaired) electrons. The zero-order valence-electron chi connectivity index (χ0n) is 11.1. The molecular weight excluding hydrogens is 382 g/mol. The first-order chi connectivity index (χ1) is 9.63. The third-order valence-corrected chi connectivity index (χ3v) is 4.04. The van der Waals surface area contributed by atoms with Gasteiger partial charge in [-0.15, -0.1) is 0 Å². The van der Waals surface area contributed by atoms with Crippen LogP contribution in [0.5, 0.6) is 5.75 Å². The summed E-state index contributed by atoms with van der Waals surface area (Å²) in [5.74, 6) is 0.879. The van der Waals surface area contributed by atoms with Crippen molar-refractivity contribution in [3.05, 3.63) is 63.0 Å². The molecule has 2 rings (SSSR count). The standard InChI is InChI=1S/C16H17Br2NO/c17-13-3-1-12(2-4-13)11-15(19)9-10-20-16-7-5-14(18)6-8-16/h1-8,15H,9-11,19H2. The smallest absolute Gasteiger partial charge is 0.119 e. The molecule has 0 aliphatic heterocycles. The molecule has 1 atom stereocenters. The van der Waals surface area contributed by atoms with Crippen LogP contribution in [0.1, 0.15) is 12.0 Å². The third kappa shape index (κ3) is 5.27. The lowest BCUT2D eigenvalue weighted by molar-refractivity contribution is 0.297. The van der Waals surface area contributed by atoms with Gasteiger partial charge in [0.25, 0.3) is 0 Å². The topological polar surface area (TPSA) is 35.2 Å². The molecule has 2 aromatic rings. The molecule has 0 aliphatic carbocycles. The van der Waals surface area contributed by atoms with Crippen LogP contribution in [0.2, 0.25) is 0 Å². The van der Waals surface area contributed by atoms with Gasteiger partial charge in [-0.3, -0.25) is 0 Å². The second-order valence-corrected chi connectivity index (χ2v) is 6.51. The predicted octanol–water partition coefficient (Wildman–Crippen LogP) is 4.55. The predicted molar refractivity (Wildman–Crippen MR) is 90.1 cm³/mol. The molecule has 106 valence electrons. The van der Waals surface area contributed by atoms with Gasteiger partial charge in [-0.2, -0.15) is 0 Å². The fourth-order valence-corrected chi connectivity index (χ4v) is 2.41. The number of halogens is 2. The van der Waals surface area contributed by atoms with Crippen LogP contribution in [0.4, 0.5) is 0 Å². The zero-order chi connectivity index (χ0) is 14.4. The largest absolute Gasteiger partial charge is 0.494 e. The lowest BCUT2D eigenvalue weighted by Gasteiger charge is -2.13. The summed E-state index contributed by atoms with van der Waals surface area (Å²) in [5, 5.41) is 0. The summed E-state index contributed by atoms with van der Waals surface area (Å²) in [6.07, 6.45) is 1.71. The summed E-state index contributed by atoms with van der Waals surface area (Å²) in [6.45, 7) is 0.638. The van der Waals surface area contributed by atoms with Crippen LogP contribution >= 0.6 is 31.9 Å². The molecule has 0 aromatic heterocycles. The Balaban J connectivity index is 1.73. The number of ether oxygens (including phenoxy) is 1. The van der Waals surface area contributed by atoms with Gasteiger partial charge in [0.15, 0.2) is 0 Å². The van der Waals surface area contributed by atoms with E-state index >= 15 is 0 Å². The van der Waals surface area contributed by atoms with Crippen LogP contribution in [0, 0.1) is 0 Å². The molecule has 20 heavy (non-hydrogen) atoms. The lowest BCUT2D eigenvalue weighted by Crippen LogP contribution is -2.25. The molecule has 1 unspecified atom stereocenters. The summed E-state index contributed by atoms with van der Waals surface area (Å²) in [6, 6.07) is 16.2. The van der Waals surface area contributed by atoms with E-state index in [1.165, 1.54) is 5.56 Å². The van der Waals surface area contributed by atoms with Crippen LogP contribution in [-0.2, 0) is 6.42 Å². The summed E-state index contributed by atoms with van der Waals surface area (Å²) in [4.78, 5) is 0. The number of hydrogen-bond acceptors (Lipinski definition) is 2. The van der Waals surface area contributed by atoms with E-state index in [9.17, 15) is 0 Å². The normalized spacial score (nSPS) is 12.2. The zero-order valence-corrected chi connectivity index (χ0v) is 14.2. The number of hydrogen-bond donors (Lipinski definition) is 1. The molecule has 2 N–H and O–H groups in total. The first-order valence-corrected chi connectivity index (χ1v) is 8.10. The molecule has 2 nitrogen and oxygen atoms in total. The van der Waals surface area contributed by atoms with E-state index in [-0.39, 0.29) is 6.04 Å². The van der Waals surface area contributed by atoms with E-state index in [2.05, 4.69) is 44.0 Å². The number of rotatable bonds is 6. The first kappa shape index (κ1) is 15.5. The Bertz CT molecular complexity index is 525. The summed E-state index contributed by atoms with van der Waals surface area (Å²) < 4.78 is 7.82. The minimum absolute atomic E-state index is 0.117.